The van der Waals surface area contributed by atoms with Crippen LogP contribution in [0.15, 0.2) is 4.99 Å². The normalized spacial score (nSPS) is 25.8. The van der Waals surface area contributed by atoms with Crippen molar-refractivity contribution in [3.8, 4) is 0 Å². The molecule has 2 unspecified atom stereocenters. The molecule has 0 aromatic carbocycles. The number of carbonyl (C=O) groups is 1. The van der Waals surface area contributed by atoms with E-state index in [1.165, 1.54) is 25.8 Å². The average Bonchev–Trinajstić information content (AvgIpc) is 3.04. The van der Waals surface area contributed by atoms with E-state index in [1.807, 2.05) is 11.8 Å². The quantitative estimate of drug-likeness (QED) is 0.569. The third kappa shape index (κ3) is 5.65. The summed E-state index contributed by atoms with van der Waals surface area (Å²) in [6, 6.07) is 1.00. The highest BCUT2D eigenvalue weighted by atomic mass is 16.2. The Morgan fingerprint density at radius 3 is 2.75 bits per heavy atom. The van der Waals surface area contributed by atoms with E-state index in [-0.39, 0.29) is 5.91 Å². The lowest BCUT2D eigenvalue weighted by molar-refractivity contribution is -0.129. The monoisotopic (exact) mass is 337 g/mol. The molecule has 0 spiro atoms. The summed E-state index contributed by atoms with van der Waals surface area (Å²) in [4.78, 5) is 21.0. The largest absolute Gasteiger partial charge is 0.357 e. The fraction of sp³-hybridized carbons (Fsp3) is 0.889. The molecule has 2 saturated heterocycles. The molecule has 2 rings (SSSR count). The number of hydrogen-bond donors (Lipinski definition) is 2. The van der Waals surface area contributed by atoms with Crippen molar-refractivity contribution in [2.75, 3.05) is 39.3 Å². The maximum atomic E-state index is 11.8. The molecule has 2 aliphatic rings. The molecule has 0 aliphatic carbocycles. The first-order valence-electron chi connectivity index (χ1n) is 9.70. The second-order valence-electron chi connectivity index (χ2n) is 6.96. The van der Waals surface area contributed by atoms with Crippen LogP contribution in [0.25, 0.3) is 0 Å². The van der Waals surface area contributed by atoms with Crippen LogP contribution in [0.2, 0.25) is 0 Å². The van der Waals surface area contributed by atoms with Crippen LogP contribution in [0.1, 0.15) is 52.9 Å². The molecule has 138 valence electrons. The Morgan fingerprint density at radius 2 is 2.04 bits per heavy atom. The standard InChI is InChI=1S/C18H35N5O/c1-4-17(24)23-12-9-16(14-23)21-18(19-5-2)20-10-13-22-11-7-6-8-15(22)3/h15-16H,4-14H2,1-3H3,(H2,19,20,21). The van der Waals surface area contributed by atoms with Crippen molar-refractivity contribution in [2.24, 2.45) is 4.99 Å². The van der Waals surface area contributed by atoms with Gasteiger partial charge in [-0.1, -0.05) is 13.3 Å². The van der Waals surface area contributed by atoms with Gasteiger partial charge in [0.05, 0.1) is 6.54 Å². The van der Waals surface area contributed by atoms with Crippen molar-refractivity contribution in [3.63, 3.8) is 0 Å². The first kappa shape index (κ1) is 19.0. The van der Waals surface area contributed by atoms with Crippen LogP contribution in [-0.4, -0.2) is 73.0 Å². The SMILES string of the molecule is CCNC(=NCCN1CCCCC1C)NC1CCN(C(=O)CC)C1. The molecule has 2 atom stereocenters. The Morgan fingerprint density at radius 1 is 1.21 bits per heavy atom. The van der Waals surface area contributed by atoms with E-state index >= 15 is 0 Å². The van der Waals surface area contributed by atoms with Crippen LogP contribution in [0.3, 0.4) is 0 Å². The van der Waals surface area contributed by atoms with Crippen LogP contribution in [0.4, 0.5) is 0 Å². The maximum absolute atomic E-state index is 11.8. The van der Waals surface area contributed by atoms with Gasteiger partial charge in [0.1, 0.15) is 0 Å². The number of hydrogen-bond acceptors (Lipinski definition) is 3. The minimum absolute atomic E-state index is 0.250. The number of aliphatic imine (C=N–C) groups is 1. The summed E-state index contributed by atoms with van der Waals surface area (Å²) in [5.74, 6) is 1.14. The van der Waals surface area contributed by atoms with Crippen molar-refractivity contribution in [2.45, 2.75) is 65.0 Å². The summed E-state index contributed by atoms with van der Waals surface area (Å²) in [6.45, 7) is 11.9. The van der Waals surface area contributed by atoms with E-state index in [2.05, 4.69) is 29.4 Å². The van der Waals surface area contributed by atoms with E-state index in [1.54, 1.807) is 0 Å². The Kier molecular flexibility index (Phi) is 7.82. The molecule has 2 fully saturated rings. The number of nitrogens with zero attached hydrogens (tertiary/aromatic N) is 3. The minimum atomic E-state index is 0.250. The zero-order chi connectivity index (χ0) is 17.4. The molecule has 6 nitrogen and oxygen atoms in total. The van der Waals surface area contributed by atoms with Crippen LogP contribution < -0.4 is 10.6 Å². The fourth-order valence-corrected chi connectivity index (χ4v) is 3.62. The Balaban J connectivity index is 1.79. The van der Waals surface area contributed by atoms with Gasteiger partial charge in [-0.15, -0.1) is 0 Å². The molecule has 1 amide bonds. The highest BCUT2D eigenvalue weighted by Crippen LogP contribution is 2.15. The molecule has 2 aliphatic heterocycles. The van der Waals surface area contributed by atoms with Crippen molar-refractivity contribution < 1.29 is 4.79 Å². The van der Waals surface area contributed by atoms with E-state index in [0.717, 1.165) is 45.1 Å². The molecular weight excluding hydrogens is 302 g/mol. The molecule has 0 bridgehead atoms. The zero-order valence-corrected chi connectivity index (χ0v) is 15.7. The van der Waals surface area contributed by atoms with E-state index in [4.69, 9.17) is 4.99 Å². The predicted octanol–water partition coefficient (Wildman–Crippen LogP) is 1.43. The van der Waals surface area contributed by atoms with Gasteiger partial charge in [0.25, 0.3) is 0 Å². The van der Waals surface area contributed by atoms with E-state index < -0.39 is 0 Å². The van der Waals surface area contributed by atoms with Gasteiger partial charge in [0, 0.05) is 44.7 Å². The lowest BCUT2D eigenvalue weighted by atomic mass is 10.0. The molecule has 6 heteroatoms. The number of amides is 1. The summed E-state index contributed by atoms with van der Waals surface area (Å²) in [5, 5.41) is 6.83. The van der Waals surface area contributed by atoms with Crippen molar-refractivity contribution in [1.29, 1.82) is 0 Å². The summed E-state index contributed by atoms with van der Waals surface area (Å²) in [6.07, 6.45) is 5.58. The van der Waals surface area contributed by atoms with Gasteiger partial charge in [0.2, 0.25) is 5.91 Å². The Hall–Kier alpha value is -1.30. The third-order valence-corrected chi connectivity index (χ3v) is 5.13. The Bertz CT molecular complexity index is 426. The molecular formula is C18H35N5O. The summed E-state index contributed by atoms with van der Waals surface area (Å²) in [7, 11) is 0. The van der Waals surface area contributed by atoms with Crippen molar-refractivity contribution in [1.82, 2.24) is 20.4 Å². The van der Waals surface area contributed by atoms with Crippen LogP contribution >= 0.6 is 0 Å². The van der Waals surface area contributed by atoms with E-state index in [9.17, 15) is 4.79 Å². The molecule has 2 heterocycles. The lowest BCUT2D eigenvalue weighted by Gasteiger charge is -2.32. The van der Waals surface area contributed by atoms with Gasteiger partial charge in [-0.05, 0) is 39.7 Å². The third-order valence-electron chi connectivity index (χ3n) is 5.13. The van der Waals surface area contributed by atoms with Gasteiger partial charge >= 0.3 is 0 Å². The van der Waals surface area contributed by atoms with Crippen LogP contribution in [0, 0.1) is 0 Å². The van der Waals surface area contributed by atoms with Gasteiger partial charge in [0.15, 0.2) is 5.96 Å². The number of guanidine groups is 1. The summed E-state index contributed by atoms with van der Waals surface area (Å²) < 4.78 is 0. The average molecular weight is 338 g/mol. The van der Waals surface area contributed by atoms with Crippen molar-refractivity contribution >= 4 is 11.9 Å². The molecule has 0 saturated carbocycles. The van der Waals surface area contributed by atoms with Gasteiger partial charge < -0.3 is 15.5 Å². The first-order chi connectivity index (χ1) is 11.6. The molecule has 0 aromatic rings. The van der Waals surface area contributed by atoms with Crippen LogP contribution in [0.5, 0.6) is 0 Å². The van der Waals surface area contributed by atoms with Crippen molar-refractivity contribution in [3.05, 3.63) is 0 Å². The number of nitrogens with one attached hydrogen (secondary N) is 2. The second-order valence-corrected chi connectivity index (χ2v) is 6.96. The van der Waals surface area contributed by atoms with E-state index in [0.29, 0.717) is 18.5 Å². The topological polar surface area (TPSA) is 60.0 Å². The number of carbonyl (C=O) groups excluding carboxylic acids is 1. The first-order valence-corrected chi connectivity index (χ1v) is 9.70. The Labute approximate surface area is 147 Å². The van der Waals surface area contributed by atoms with Gasteiger partial charge in [-0.25, -0.2) is 0 Å². The lowest BCUT2D eigenvalue weighted by Crippen LogP contribution is -2.45. The molecule has 0 radical (unpaired) electrons. The highest BCUT2D eigenvalue weighted by molar-refractivity contribution is 5.80. The molecule has 2 N–H and O–H groups in total. The molecule has 0 aromatic heterocycles. The smallest absolute Gasteiger partial charge is 0.222 e. The van der Waals surface area contributed by atoms with Crippen LogP contribution in [-0.2, 0) is 4.79 Å². The number of piperidine rings is 1. The number of rotatable bonds is 6. The summed E-state index contributed by atoms with van der Waals surface area (Å²) in [5.41, 5.74) is 0. The molecule has 24 heavy (non-hydrogen) atoms. The fourth-order valence-electron chi connectivity index (χ4n) is 3.62. The predicted molar refractivity (Wildman–Crippen MR) is 99.3 cm³/mol. The zero-order valence-electron chi connectivity index (χ0n) is 15.7. The summed E-state index contributed by atoms with van der Waals surface area (Å²) >= 11 is 0. The highest BCUT2D eigenvalue weighted by Gasteiger charge is 2.25. The van der Waals surface area contributed by atoms with Gasteiger partial charge in [-0.2, -0.15) is 0 Å². The minimum Gasteiger partial charge on any atom is -0.357 e. The number of likely N-dealkylation sites (tertiary alicyclic amines) is 2. The van der Waals surface area contributed by atoms with Gasteiger partial charge in [-0.3, -0.25) is 14.7 Å². The maximum Gasteiger partial charge on any atom is 0.222 e. The second kappa shape index (κ2) is 9.87.